The fourth-order valence-corrected chi connectivity index (χ4v) is 3.83. The highest BCUT2D eigenvalue weighted by Crippen LogP contribution is 2.47. The van der Waals surface area contributed by atoms with Gasteiger partial charge in [-0.1, -0.05) is 17.7 Å². The molecular weight excluding hydrogens is 425 g/mol. The van der Waals surface area contributed by atoms with Crippen molar-refractivity contribution in [3.8, 4) is 5.75 Å². The topological polar surface area (TPSA) is 34.1 Å². The first kappa shape index (κ1) is 16.8. The molecule has 4 rings (SSSR count). The van der Waals surface area contributed by atoms with Gasteiger partial charge in [0.25, 0.3) is 0 Å². The Balaban J connectivity index is 1.81. The second-order valence-corrected chi connectivity index (χ2v) is 7.12. The van der Waals surface area contributed by atoms with Crippen molar-refractivity contribution in [1.29, 1.82) is 0 Å². The van der Waals surface area contributed by atoms with E-state index in [9.17, 15) is 13.2 Å². The summed E-state index contributed by atoms with van der Waals surface area (Å²) in [6.45, 7) is -2.40. The summed E-state index contributed by atoms with van der Waals surface area (Å²) in [4.78, 5) is 6.28. The van der Waals surface area contributed by atoms with E-state index in [1.807, 2.05) is 0 Å². The second kappa shape index (κ2) is 5.95. The summed E-state index contributed by atoms with van der Waals surface area (Å²) in [7, 11) is 0. The predicted octanol–water partition coefficient (Wildman–Crippen LogP) is 4.50. The summed E-state index contributed by atoms with van der Waals surface area (Å²) in [6, 6.07) is 3.31. The highest BCUT2D eigenvalue weighted by atomic mass is 79.9. The number of hydrogen-bond donors (Lipinski definition) is 0. The fourth-order valence-electron chi connectivity index (χ4n) is 3.30. The Kier molecular flexibility index (Phi) is 3.99. The maximum Gasteiger partial charge on any atom is 0.387 e. The van der Waals surface area contributed by atoms with E-state index in [0.717, 1.165) is 0 Å². The van der Waals surface area contributed by atoms with Crippen molar-refractivity contribution < 1.29 is 22.6 Å². The average Bonchev–Trinajstić information content (AvgIpc) is 2.90. The molecule has 25 heavy (non-hydrogen) atoms. The van der Waals surface area contributed by atoms with Crippen LogP contribution in [0.2, 0.25) is 0 Å². The molecule has 132 valence electrons. The van der Waals surface area contributed by atoms with E-state index in [1.54, 1.807) is 23.2 Å². The molecule has 0 aliphatic carbocycles. The average molecular weight is 436 g/mol. The van der Waals surface area contributed by atoms with E-state index in [2.05, 4.69) is 25.7 Å². The van der Waals surface area contributed by atoms with E-state index in [1.165, 1.54) is 6.08 Å². The van der Waals surface area contributed by atoms with Crippen LogP contribution in [0, 0.1) is 5.82 Å². The Morgan fingerprint density at radius 2 is 2.20 bits per heavy atom. The first-order valence-corrected chi connectivity index (χ1v) is 8.59. The number of rotatable bonds is 2. The number of benzene rings is 1. The van der Waals surface area contributed by atoms with Crippen molar-refractivity contribution in [2.75, 3.05) is 13.2 Å². The minimum Gasteiger partial charge on any atom is -0.490 e. The molecular formula is C16H11BrClF3N2O2. The van der Waals surface area contributed by atoms with Crippen LogP contribution in [0.5, 0.6) is 5.75 Å². The van der Waals surface area contributed by atoms with Crippen LogP contribution in [0.3, 0.4) is 0 Å². The molecule has 0 saturated carbocycles. The molecule has 0 unspecified atom stereocenters. The van der Waals surface area contributed by atoms with Crippen molar-refractivity contribution in [1.82, 2.24) is 4.90 Å². The number of fused-ring (bicyclic) bond motifs is 3. The first-order chi connectivity index (χ1) is 11.9. The number of alkyl halides is 2. The van der Waals surface area contributed by atoms with Crippen LogP contribution in [0.25, 0.3) is 0 Å². The molecule has 0 radical (unpaired) electrons. The van der Waals surface area contributed by atoms with Crippen LogP contribution in [-0.2, 0) is 10.3 Å². The third-order valence-electron chi connectivity index (χ3n) is 4.32. The van der Waals surface area contributed by atoms with Gasteiger partial charge in [0.1, 0.15) is 5.54 Å². The number of ether oxygens (including phenoxy) is 2. The lowest BCUT2D eigenvalue weighted by molar-refractivity contribution is -0.0906. The maximum absolute atomic E-state index is 14.4. The van der Waals surface area contributed by atoms with Crippen molar-refractivity contribution in [3.05, 3.63) is 51.1 Å². The van der Waals surface area contributed by atoms with Gasteiger partial charge in [0, 0.05) is 24.3 Å². The molecule has 9 heteroatoms. The lowest BCUT2D eigenvalue weighted by Crippen LogP contribution is -2.37. The van der Waals surface area contributed by atoms with Crippen LogP contribution >= 0.6 is 27.5 Å². The van der Waals surface area contributed by atoms with Crippen LogP contribution in [-0.4, -0.2) is 30.5 Å². The molecule has 0 saturated heterocycles. The Labute approximate surface area is 154 Å². The number of allylic oxidation sites excluding steroid dienone is 2. The van der Waals surface area contributed by atoms with E-state index in [-0.39, 0.29) is 33.5 Å². The molecule has 0 N–H and O–H groups in total. The van der Waals surface area contributed by atoms with Gasteiger partial charge in [0.15, 0.2) is 23.2 Å². The highest BCUT2D eigenvalue weighted by molar-refractivity contribution is 9.10. The summed E-state index contributed by atoms with van der Waals surface area (Å²) >= 11 is 9.14. The number of halogens is 5. The minimum atomic E-state index is -3.00. The van der Waals surface area contributed by atoms with Gasteiger partial charge in [-0.2, -0.15) is 8.78 Å². The molecule has 1 atom stereocenters. The molecule has 0 amide bonds. The molecule has 1 aromatic carbocycles. The van der Waals surface area contributed by atoms with Gasteiger partial charge in [0.2, 0.25) is 0 Å². The zero-order valence-electron chi connectivity index (χ0n) is 12.6. The molecule has 0 bridgehead atoms. The normalized spacial score (nSPS) is 24.4. The largest absolute Gasteiger partial charge is 0.490 e. The predicted molar refractivity (Wildman–Crippen MR) is 89.1 cm³/mol. The van der Waals surface area contributed by atoms with Gasteiger partial charge < -0.3 is 14.4 Å². The molecule has 3 aliphatic rings. The standard InChI is InChI=1S/C16H11BrClF3N2O2/c17-10-2-1-9-13(12(10)19)24-4-3-16(9)7-23-6-8(18)5-11(14(23)22-16)25-15(20)21/h1-2,5-6,15H,3-4,7H2/t16-/m1/s1. The van der Waals surface area contributed by atoms with E-state index < -0.39 is 18.0 Å². The lowest BCUT2D eigenvalue weighted by Gasteiger charge is -2.33. The summed E-state index contributed by atoms with van der Waals surface area (Å²) in [5.41, 5.74) is -0.241. The SMILES string of the molecule is Fc1c(Br)ccc2c1OCC[C@@]21CN2C=C(Cl)C=C(OC(F)F)C2=N1. The monoisotopic (exact) mass is 434 g/mol. The molecule has 3 heterocycles. The van der Waals surface area contributed by atoms with E-state index in [4.69, 9.17) is 16.3 Å². The zero-order chi connectivity index (χ0) is 17.8. The second-order valence-electron chi connectivity index (χ2n) is 5.83. The smallest absolute Gasteiger partial charge is 0.387 e. The molecule has 3 aliphatic heterocycles. The maximum atomic E-state index is 14.4. The van der Waals surface area contributed by atoms with E-state index in [0.29, 0.717) is 18.5 Å². The Bertz CT molecular complexity index is 843. The Hall–Kier alpha value is -1.67. The number of amidine groups is 1. The Morgan fingerprint density at radius 3 is 2.96 bits per heavy atom. The van der Waals surface area contributed by atoms with Crippen LogP contribution in [0.4, 0.5) is 13.2 Å². The molecule has 0 fully saturated rings. The van der Waals surface area contributed by atoms with E-state index >= 15 is 0 Å². The van der Waals surface area contributed by atoms with Gasteiger partial charge in [-0.25, -0.2) is 4.39 Å². The third-order valence-corrected chi connectivity index (χ3v) is 5.14. The Morgan fingerprint density at radius 1 is 1.40 bits per heavy atom. The van der Waals surface area contributed by atoms with Crippen molar-refractivity contribution in [3.63, 3.8) is 0 Å². The molecule has 1 aromatic rings. The fraction of sp³-hybridized carbons (Fsp3) is 0.312. The summed E-state index contributed by atoms with van der Waals surface area (Å²) < 4.78 is 50.1. The van der Waals surface area contributed by atoms with Crippen molar-refractivity contribution in [2.24, 2.45) is 4.99 Å². The number of nitrogens with zero attached hydrogens (tertiary/aromatic N) is 2. The highest BCUT2D eigenvalue weighted by Gasteiger charge is 2.47. The van der Waals surface area contributed by atoms with Gasteiger partial charge >= 0.3 is 6.61 Å². The van der Waals surface area contributed by atoms with Crippen LogP contribution in [0.15, 0.2) is 44.7 Å². The van der Waals surface area contributed by atoms with Gasteiger partial charge in [0.05, 0.1) is 22.7 Å². The van der Waals surface area contributed by atoms with Crippen LogP contribution in [0.1, 0.15) is 12.0 Å². The molecule has 4 nitrogen and oxygen atoms in total. The van der Waals surface area contributed by atoms with Crippen LogP contribution < -0.4 is 4.74 Å². The quantitative estimate of drug-likeness (QED) is 0.686. The first-order valence-electron chi connectivity index (χ1n) is 7.42. The van der Waals surface area contributed by atoms with Crippen molar-refractivity contribution >= 4 is 33.4 Å². The minimum absolute atomic E-state index is 0.106. The third kappa shape index (κ3) is 2.71. The number of aliphatic imine (C=N–C) groups is 1. The zero-order valence-corrected chi connectivity index (χ0v) is 15.0. The van der Waals surface area contributed by atoms with Crippen molar-refractivity contribution in [2.45, 2.75) is 18.6 Å². The summed E-state index contributed by atoms with van der Waals surface area (Å²) in [5, 5.41) is 0.251. The summed E-state index contributed by atoms with van der Waals surface area (Å²) in [5.74, 6) is -0.235. The number of hydrogen-bond acceptors (Lipinski definition) is 4. The molecule has 0 aromatic heterocycles. The van der Waals surface area contributed by atoms with Gasteiger partial charge in [-0.05, 0) is 22.0 Å². The summed E-state index contributed by atoms with van der Waals surface area (Å²) in [6.07, 6.45) is 3.37. The van der Waals surface area contributed by atoms with Gasteiger partial charge in [-0.15, -0.1) is 0 Å². The molecule has 1 spiro atoms. The van der Waals surface area contributed by atoms with Gasteiger partial charge in [-0.3, -0.25) is 4.99 Å². The lowest BCUT2D eigenvalue weighted by atomic mass is 9.85.